The molecule has 0 heterocycles. The Morgan fingerprint density at radius 2 is 1.95 bits per heavy atom. The van der Waals surface area contributed by atoms with E-state index in [2.05, 4.69) is 5.32 Å². The lowest BCUT2D eigenvalue weighted by Crippen LogP contribution is -2.03. The topological polar surface area (TPSA) is 75.3 Å². The van der Waals surface area contributed by atoms with Gasteiger partial charge in [-0.15, -0.1) is 0 Å². The van der Waals surface area contributed by atoms with Crippen LogP contribution in [0.25, 0.3) is 0 Å². The van der Waals surface area contributed by atoms with Crippen molar-refractivity contribution in [3.8, 4) is 0 Å². The summed E-state index contributed by atoms with van der Waals surface area (Å²) in [6.45, 7) is 1.78. The molecule has 0 aliphatic rings. The predicted molar refractivity (Wildman–Crippen MR) is 72.2 cm³/mol. The highest BCUT2D eigenvalue weighted by molar-refractivity contribution is 5.95. The molecule has 19 heavy (non-hydrogen) atoms. The molecule has 0 aliphatic heterocycles. The summed E-state index contributed by atoms with van der Waals surface area (Å²) in [5.74, 6) is -1.45. The van der Waals surface area contributed by atoms with Gasteiger partial charge in [-0.1, -0.05) is 0 Å². The van der Waals surface area contributed by atoms with Crippen LogP contribution in [0.5, 0.6) is 0 Å². The normalized spacial score (nSPS) is 10.2. The molecule has 0 fully saturated rings. The highest BCUT2D eigenvalue weighted by Gasteiger charge is 2.09. The van der Waals surface area contributed by atoms with Crippen LogP contribution in [0.3, 0.4) is 0 Å². The molecule has 0 aromatic heterocycles. The second kappa shape index (κ2) is 4.97. The Morgan fingerprint density at radius 1 is 1.21 bits per heavy atom. The summed E-state index contributed by atoms with van der Waals surface area (Å²) in [5.41, 5.74) is 7.63. The summed E-state index contributed by atoms with van der Waals surface area (Å²) in [7, 11) is 0. The van der Waals surface area contributed by atoms with Crippen LogP contribution in [0.2, 0.25) is 0 Å². The zero-order valence-electron chi connectivity index (χ0n) is 10.3. The fourth-order valence-corrected chi connectivity index (χ4v) is 1.79. The van der Waals surface area contributed by atoms with E-state index < -0.39 is 5.97 Å². The largest absolute Gasteiger partial charge is 0.478 e. The van der Waals surface area contributed by atoms with Gasteiger partial charge in [0.25, 0.3) is 0 Å². The second-order valence-electron chi connectivity index (χ2n) is 4.25. The highest BCUT2D eigenvalue weighted by atomic mass is 19.1. The molecule has 2 aromatic carbocycles. The fourth-order valence-electron chi connectivity index (χ4n) is 1.79. The van der Waals surface area contributed by atoms with Crippen LogP contribution in [0.15, 0.2) is 36.4 Å². The number of hydrogen-bond acceptors (Lipinski definition) is 3. The molecular weight excluding hydrogens is 247 g/mol. The number of nitrogens with two attached hydrogens (primary N) is 1. The van der Waals surface area contributed by atoms with Crippen molar-refractivity contribution in [2.45, 2.75) is 6.92 Å². The van der Waals surface area contributed by atoms with Gasteiger partial charge in [0.2, 0.25) is 0 Å². The molecule has 2 rings (SSSR count). The molecule has 0 aliphatic carbocycles. The molecule has 0 saturated heterocycles. The molecule has 0 radical (unpaired) electrons. The number of halogens is 1. The molecule has 4 nitrogen and oxygen atoms in total. The predicted octanol–water partition coefficient (Wildman–Crippen LogP) is 3.16. The van der Waals surface area contributed by atoms with Crippen molar-refractivity contribution < 1.29 is 14.3 Å². The van der Waals surface area contributed by atoms with E-state index in [-0.39, 0.29) is 17.1 Å². The summed E-state index contributed by atoms with van der Waals surface area (Å²) < 4.78 is 13.2. The fraction of sp³-hybridized carbons (Fsp3) is 0.0714. The van der Waals surface area contributed by atoms with Crippen molar-refractivity contribution in [2.24, 2.45) is 0 Å². The third kappa shape index (κ3) is 3.01. The van der Waals surface area contributed by atoms with Gasteiger partial charge in [-0.3, -0.25) is 0 Å². The minimum atomic E-state index is -1.10. The van der Waals surface area contributed by atoms with E-state index >= 15 is 0 Å². The van der Waals surface area contributed by atoms with E-state index in [0.717, 1.165) is 5.56 Å². The van der Waals surface area contributed by atoms with Crippen molar-refractivity contribution in [3.05, 3.63) is 53.3 Å². The summed E-state index contributed by atoms with van der Waals surface area (Å²) >= 11 is 0. The smallest absolute Gasteiger partial charge is 0.337 e. The van der Waals surface area contributed by atoms with E-state index in [9.17, 15) is 9.18 Å². The molecule has 0 spiro atoms. The minimum absolute atomic E-state index is 0.0122. The Labute approximate surface area is 109 Å². The van der Waals surface area contributed by atoms with Gasteiger partial charge >= 0.3 is 5.97 Å². The van der Waals surface area contributed by atoms with Crippen molar-refractivity contribution in [1.29, 1.82) is 0 Å². The van der Waals surface area contributed by atoms with Gasteiger partial charge < -0.3 is 16.2 Å². The molecule has 4 N–H and O–H groups in total. The van der Waals surface area contributed by atoms with Gasteiger partial charge in [-0.25, -0.2) is 9.18 Å². The Balaban J connectivity index is 2.33. The molecular formula is C14H13FN2O2. The number of carbonyl (C=O) groups is 1. The third-order valence-electron chi connectivity index (χ3n) is 2.61. The number of anilines is 3. The lowest BCUT2D eigenvalue weighted by molar-refractivity contribution is 0.0698. The average molecular weight is 260 g/mol. The summed E-state index contributed by atoms with van der Waals surface area (Å²) in [5, 5.41) is 11.9. The zero-order valence-corrected chi connectivity index (χ0v) is 10.3. The first kappa shape index (κ1) is 12.9. The number of carboxylic acids is 1. The number of benzene rings is 2. The number of nitrogen functional groups attached to an aromatic ring is 1. The SMILES string of the molecule is Cc1cc(F)cc(Nc2ccc(N)c(C(=O)O)c2)c1. The maximum absolute atomic E-state index is 13.2. The first-order valence-electron chi connectivity index (χ1n) is 5.63. The summed E-state index contributed by atoms with van der Waals surface area (Å²) in [6.07, 6.45) is 0. The molecule has 0 amide bonds. The van der Waals surface area contributed by atoms with Crippen LogP contribution in [-0.4, -0.2) is 11.1 Å². The Kier molecular flexibility index (Phi) is 3.37. The van der Waals surface area contributed by atoms with E-state index in [1.165, 1.54) is 24.3 Å². The van der Waals surface area contributed by atoms with Crippen LogP contribution < -0.4 is 11.1 Å². The van der Waals surface area contributed by atoms with E-state index in [4.69, 9.17) is 10.8 Å². The van der Waals surface area contributed by atoms with Crippen LogP contribution in [0, 0.1) is 12.7 Å². The Morgan fingerprint density at radius 3 is 2.58 bits per heavy atom. The third-order valence-corrected chi connectivity index (χ3v) is 2.61. The second-order valence-corrected chi connectivity index (χ2v) is 4.25. The van der Waals surface area contributed by atoms with Crippen molar-refractivity contribution in [2.75, 3.05) is 11.1 Å². The van der Waals surface area contributed by atoms with Crippen molar-refractivity contribution in [1.82, 2.24) is 0 Å². The Bertz CT molecular complexity index is 621. The van der Waals surface area contributed by atoms with Gasteiger partial charge in [-0.05, 0) is 48.9 Å². The highest BCUT2D eigenvalue weighted by Crippen LogP contribution is 2.23. The maximum Gasteiger partial charge on any atom is 0.337 e. The first-order chi connectivity index (χ1) is 8.95. The van der Waals surface area contributed by atoms with Crippen LogP contribution >= 0.6 is 0 Å². The van der Waals surface area contributed by atoms with Gasteiger partial charge in [0.1, 0.15) is 5.82 Å². The van der Waals surface area contributed by atoms with Gasteiger partial charge in [0, 0.05) is 17.1 Å². The molecule has 98 valence electrons. The first-order valence-corrected chi connectivity index (χ1v) is 5.63. The average Bonchev–Trinajstić information content (AvgIpc) is 2.30. The van der Waals surface area contributed by atoms with Crippen LogP contribution in [0.1, 0.15) is 15.9 Å². The van der Waals surface area contributed by atoms with Gasteiger partial charge in [-0.2, -0.15) is 0 Å². The summed E-state index contributed by atoms with van der Waals surface area (Å²) in [6, 6.07) is 9.07. The van der Waals surface area contributed by atoms with E-state index in [0.29, 0.717) is 11.4 Å². The number of carboxylic acid groups (broad SMARTS) is 1. The van der Waals surface area contributed by atoms with Crippen molar-refractivity contribution >= 4 is 23.0 Å². The number of rotatable bonds is 3. The Hall–Kier alpha value is -2.56. The number of aryl methyl sites for hydroxylation is 1. The maximum atomic E-state index is 13.2. The van der Waals surface area contributed by atoms with Crippen LogP contribution in [-0.2, 0) is 0 Å². The molecule has 5 heteroatoms. The molecule has 0 saturated carbocycles. The number of nitrogens with one attached hydrogen (secondary N) is 1. The van der Waals surface area contributed by atoms with E-state index in [1.807, 2.05) is 0 Å². The molecule has 0 bridgehead atoms. The lowest BCUT2D eigenvalue weighted by atomic mass is 10.1. The minimum Gasteiger partial charge on any atom is -0.478 e. The quantitative estimate of drug-likeness (QED) is 0.741. The van der Waals surface area contributed by atoms with Gasteiger partial charge in [0.05, 0.1) is 5.56 Å². The van der Waals surface area contributed by atoms with Crippen molar-refractivity contribution in [3.63, 3.8) is 0 Å². The molecule has 0 atom stereocenters. The monoisotopic (exact) mass is 260 g/mol. The summed E-state index contributed by atoms with van der Waals surface area (Å²) in [4.78, 5) is 11.0. The standard InChI is InChI=1S/C14H13FN2O2/c1-8-4-9(15)6-11(5-8)17-10-2-3-13(16)12(7-10)14(18)19/h2-7,17H,16H2,1H3,(H,18,19). The van der Waals surface area contributed by atoms with Crippen LogP contribution in [0.4, 0.5) is 21.5 Å². The molecule has 2 aromatic rings. The zero-order chi connectivity index (χ0) is 14.0. The lowest BCUT2D eigenvalue weighted by Gasteiger charge is -2.09. The number of aromatic carboxylic acids is 1. The van der Waals surface area contributed by atoms with Gasteiger partial charge in [0.15, 0.2) is 0 Å². The van der Waals surface area contributed by atoms with E-state index in [1.54, 1.807) is 19.1 Å². The molecule has 0 unspecified atom stereocenters. The number of hydrogen-bond donors (Lipinski definition) is 3.